The lowest BCUT2D eigenvalue weighted by Crippen LogP contribution is -2.19. The van der Waals surface area contributed by atoms with Gasteiger partial charge >= 0.3 is 0 Å². The molecule has 2 rings (SSSR count). The van der Waals surface area contributed by atoms with Crippen LogP contribution < -0.4 is 5.32 Å². The van der Waals surface area contributed by atoms with Crippen molar-refractivity contribution in [3.05, 3.63) is 63.9 Å². The van der Waals surface area contributed by atoms with Crippen molar-refractivity contribution < 1.29 is 9.84 Å². The summed E-state index contributed by atoms with van der Waals surface area (Å²) < 4.78 is 6.15. The van der Waals surface area contributed by atoms with Gasteiger partial charge in [-0.05, 0) is 92.8 Å². The number of nitrogens with one attached hydrogen (secondary N) is 1. The molecule has 0 aliphatic heterocycles. The first-order valence-electron chi connectivity index (χ1n) is 10.7. The average molecular weight is 384 g/mol. The first-order chi connectivity index (χ1) is 13.5. The maximum absolute atomic E-state index is 8.97. The van der Waals surface area contributed by atoms with Crippen LogP contribution in [0.2, 0.25) is 0 Å². The van der Waals surface area contributed by atoms with Crippen molar-refractivity contribution in [2.75, 3.05) is 26.3 Å². The number of aliphatic hydroxyl groups is 1. The number of hydrogen-bond donors (Lipinski definition) is 2. The van der Waals surface area contributed by atoms with Gasteiger partial charge in [-0.2, -0.15) is 0 Å². The predicted octanol–water partition coefficient (Wildman–Crippen LogP) is 5.25. The van der Waals surface area contributed by atoms with Gasteiger partial charge in [0.25, 0.3) is 0 Å². The standard InChI is InChI=1S/C25H37NO2/c1-6-21-16-18(3)19(4)17-24(21)20(5)23(12-9-13-26-14-15-27)25(28-7-2)22-10-8-11-22/h12,16-17,26-27H,5-11,13-15H2,1-4H3/b23-12-. The minimum Gasteiger partial charge on any atom is -0.493 e. The van der Waals surface area contributed by atoms with Crippen molar-refractivity contribution in [2.24, 2.45) is 0 Å². The molecule has 1 aromatic rings. The first-order valence-corrected chi connectivity index (χ1v) is 10.7. The third-order valence-electron chi connectivity index (χ3n) is 5.52. The Labute approximate surface area is 171 Å². The van der Waals surface area contributed by atoms with E-state index in [4.69, 9.17) is 9.84 Å². The summed E-state index contributed by atoms with van der Waals surface area (Å²) in [6.45, 7) is 15.4. The van der Waals surface area contributed by atoms with E-state index in [-0.39, 0.29) is 6.61 Å². The molecule has 3 nitrogen and oxygen atoms in total. The summed E-state index contributed by atoms with van der Waals surface area (Å²) in [6.07, 6.45) is 7.61. The van der Waals surface area contributed by atoms with Crippen molar-refractivity contribution in [3.63, 3.8) is 0 Å². The van der Waals surface area contributed by atoms with E-state index >= 15 is 0 Å². The summed E-state index contributed by atoms with van der Waals surface area (Å²) in [5, 5.41) is 12.2. The zero-order valence-electron chi connectivity index (χ0n) is 18.2. The van der Waals surface area contributed by atoms with Crippen molar-refractivity contribution in [3.8, 4) is 0 Å². The molecule has 3 heteroatoms. The van der Waals surface area contributed by atoms with E-state index in [0.29, 0.717) is 13.2 Å². The van der Waals surface area contributed by atoms with E-state index in [1.807, 2.05) is 0 Å². The van der Waals surface area contributed by atoms with Gasteiger partial charge in [0, 0.05) is 12.1 Å². The highest BCUT2D eigenvalue weighted by molar-refractivity contribution is 5.83. The Bertz CT molecular complexity index is 737. The molecule has 0 atom stereocenters. The van der Waals surface area contributed by atoms with Crippen LogP contribution in [0, 0.1) is 13.8 Å². The summed E-state index contributed by atoms with van der Waals surface area (Å²) in [5.74, 6) is 1.04. The Morgan fingerprint density at radius 2 is 1.89 bits per heavy atom. The smallest absolute Gasteiger partial charge is 0.125 e. The minimum absolute atomic E-state index is 0.167. The van der Waals surface area contributed by atoms with Crippen LogP contribution in [0.15, 0.2) is 41.7 Å². The van der Waals surface area contributed by atoms with Crippen molar-refractivity contribution in [2.45, 2.75) is 59.8 Å². The van der Waals surface area contributed by atoms with E-state index in [2.05, 4.69) is 57.8 Å². The largest absolute Gasteiger partial charge is 0.493 e. The van der Waals surface area contributed by atoms with Crippen molar-refractivity contribution in [1.29, 1.82) is 0 Å². The lowest BCUT2D eigenvalue weighted by molar-refractivity contribution is 0.230. The van der Waals surface area contributed by atoms with Crippen LogP contribution in [0.1, 0.15) is 61.8 Å². The van der Waals surface area contributed by atoms with Crippen LogP contribution >= 0.6 is 0 Å². The van der Waals surface area contributed by atoms with Gasteiger partial charge in [0.05, 0.1) is 13.2 Å². The van der Waals surface area contributed by atoms with Gasteiger partial charge < -0.3 is 15.2 Å². The zero-order valence-corrected chi connectivity index (χ0v) is 18.2. The van der Waals surface area contributed by atoms with E-state index in [1.54, 1.807) is 0 Å². The van der Waals surface area contributed by atoms with Gasteiger partial charge in [-0.1, -0.05) is 31.7 Å². The summed E-state index contributed by atoms with van der Waals surface area (Å²) in [7, 11) is 0. The molecule has 0 spiro atoms. The van der Waals surface area contributed by atoms with Crippen LogP contribution in [0.4, 0.5) is 0 Å². The maximum Gasteiger partial charge on any atom is 0.125 e. The lowest BCUT2D eigenvalue weighted by Gasteiger charge is -2.26. The van der Waals surface area contributed by atoms with Gasteiger partial charge in [0.2, 0.25) is 0 Å². The second-order valence-corrected chi connectivity index (χ2v) is 7.53. The van der Waals surface area contributed by atoms with Gasteiger partial charge in [-0.15, -0.1) is 0 Å². The fourth-order valence-electron chi connectivity index (χ4n) is 3.57. The normalized spacial score (nSPS) is 14.0. The number of benzene rings is 1. The van der Waals surface area contributed by atoms with Gasteiger partial charge in [-0.3, -0.25) is 0 Å². The molecule has 1 saturated carbocycles. The lowest BCUT2D eigenvalue weighted by atomic mass is 9.84. The highest BCUT2D eigenvalue weighted by Gasteiger charge is 2.22. The third-order valence-corrected chi connectivity index (χ3v) is 5.52. The fraction of sp³-hybridized carbons (Fsp3) is 0.520. The molecule has 0 saturated heterocycles. The second kappa shape index (κ2) is 11.2. The molecule has 1 aromatic carbocycles. The van der Waals surface area contributed by atoms with Crippen molar-refractivity contribution >= 4 is 5.57 Å². The van der Waals surface area contributed by atoms with E-state index in [9.17, 15) is 0 Å². The molecule has 0 unspecified atom stereocenters. The summed E-state index contributed by atoms with van der Waals surface area (Å²) in [5.41, 5.74) is 8.81. The minimum atomic E-state index is 0.167. The summed E-state index contributed by atoms with van der Waals surface area (Å²) >= 11 is 0. The Kier molecular flexibility index (Phi) is 9.01. The highest BCUT2D eigenvalue weighted by atomic mass is 16.5. The maximum atomic E-state index is 8.97. The molecular weight excluding hydrogens is 346 g/mol. The monoisotopic (exact) mass is 383 g/mol. The summed E-state index contributed by atoms with van der Waals surface area (Å²) in [6, 6.07) is 4.58. The molecule has 1 fully saturated rings. The number of aryl methyl sites for hydroxylation is 3. The molecule has 2 N–H and O–H groups in total. The number of hydrogen-bond acceptors (Lipinski definition) is 3. The highest BCUT2D eigenvalue weighted by Crippen LogP contribution is 2.38. The van der Waals surface area contributed by atoms with Gasteiger partial charge in [-0.25, -0.2) is 0 Å². The molecule has 0 heterocycles. The van der Waals surface area contributed by atoms with Crippen LogP contribution in [0.25, 0.3) is 5.57 Å². The number of ether oxygens (including phenoxy) is 1. The number of rotatable bonds is 11. The number of aliphatic hydroxyl groups excluding tert-OH is 1. The van der Waals surface area contributed by atoms with Crippen molar-refractivity contribution in [1.82, 2.24) is 5.32 Å². The zero-order chi connectivity index (χ0) is 20.5. The molecule has 1 aliphatic carbocycles. The average Bonchev–Trinajstić information content (AvgIpc) is 2.64. The molecule has 0 aromatic heterocycles. The van der Waals surface area contributed by atoms with Gasteiger partial charge in [0.15, 0.2) is 0 Å². The van der Waals surface area contributed by atoms with Crippen LogP contribution in [-0.2, 0) is 11.2 Å². The van der Waals surface area contributed by atoms with Gasteiger partial charge in [0.1, 0.15) is 5.76 Å². The van der Waals surface area contributed by atoms with Crippen LogP contribution in [0.5, 0.6) is 0 Å². The molecule has 0 amide bonds. The van der Waals surface area contributed by atoms with Crippen LogP contribution in [-0.4, -0.2) is 31.4 Å². The Balaban J connectivity index is 2.42. The quantitative estimate of drug-likeness (QED) is 0.311. The molecular formula is C25H37NO2. The van der Waals surface area contributed by atoms with Crippen LogP contribution in [0.3, 0.4) is 0 Å². The van der Waals surface area contributed by atoms with E-state index < -0.39 is 0 Å². The SMILES string of the molecule is C=C(/C(=C/CCNCCO)C(OCC)=C1CCC1)c1cc(C)c(C)cc1CC. The Morgan fingerprint density at radius 3 is 2.46 bits per heavy atom. The predicted molar refractivity (Wildman–Crippen MR) is 119 cm³/mol. The second-order valence-electron chi connectivity index (χ2n) is 7.53. The first kappa shape index (κ1) is 22.4. The molecule has 1 aliphatic rings. The molecule has 0 bridgehead atoms. The summed E-state index contributed by atoms with van der Waals surface area (Å²) in [4.78, 5) is 0. The Morgan fingerprint density at radius 1 is 1.18 bits per heavy atom. The molecule has 0 radical (unpaired) electrons. The molecule has 28 heavy (non-hydrogen) atoms. The number of allylic oxidation sites excluding steroid dienone is 2. The fourth-order valence-corrected chi connectivity index (χ4v) is 3.57. The van der Waals surface area contributed by atoms with E-state index in [1.165, 1.54) is 34.2 Å². The third kappa shape index (κ3) is 5.59. The van der Waals surface area contributed by atoms with E-state index in [0.717, 1.165) is 49.1 Å². The Hall–Kier alpha value is -1.84. The molecule has 154 valence electrons. The topological polar surface area (TPSA) is 41.5 Å².